The molecule has 1 heterocycles. The van der Waals surface area contributed by atoms with Crippen LogP contribution in [0.4, 0.5) is 0 Å². The van der Waals surface area contributed by atoms with Gasteiger partial charge in [0.15, 0.2) is 0 Å². The molecule has 1 atom stereocenters. The van der Waals surface area contributed by atoms with Gasteiger partial charge in [-0.3, -0.25) is 9.48 Å². The average molecular weight is 316 g/mol. The zero-order valence-electron chi connectivity index (χ0n) is 13.7. The number of amides is 1. The number of aryl methyl sites for hydroxylation is 1. The topological polar surface area (TPSA) is 67.2 Å². The number of rotatable bonds is 5. The third-order valence-electron chi connectivity index (χ3n) is 3.19. The number of nitrogens with one attached hydrogen (secondary N) is 1. The number of hydrogen-bond acceptors (Lipinski definition) is 3. The average Bonchev–Trinajstić information content (AvgIpc) is 2.63. The first-order valence-corrected chi connectivity index (χ1v) is 7.58. The highest BCUT2D eigenvalue weighted by atomic mass is 35.5. The highest BCUT2D eigenvalue weighted by Gasteiger charge is 2.26. The Kier molecular flexibility index (Phi) is 5.82. The van der Waals surface area contributed by atoms with E-state index >= 15 is 0 Å². The second kappa shape index (κ2) is 6.79. The SMILES string of the molecule is CC(C)c1nn(C)c(Cl)c1C(=O)NC(CO)CC(C)(C)C. The van der Waals surface area contributed by atoms with E-state index in [-0.39, 0.29) is 29.9 Å². The fourth-order valence-electron chi connectivity index (χ4n) is 2.30. The summed E-state index contributed by atoms with van der Waals surface area (Å²) in [6.07, 6.45) is 0.685. The van der Waals surface area contributed by atoms with E-state index in [0.717, 1.165) is 0 Å². The number of aliphatic hydroxyl groups is 1. The molecule has 0 aliphatic rings. The Balaban J connectivity index is 2.98. The van der Waals surface area contributed by atoms with Crippen LogP contribution in [0.2, 0.25) is 5.15 Å². The Hall–Kier alpha value is -1.07. The lowest BCUT2D eigenvalue weighted by Gasteiger charge is -2.25. The Morgan fingerprint density at radius 3 is 2.43 bits per heavy atom. The minimum Gasteiger partial charge on any atom is -0.394 e. The molecule has 0 saturated heterocycles. The van der Waals surface area contributed by atoms with Crippen molar-refractivity contribution in [3.63, 3.8) is 0 Å². The predicted octanol–water partition coefficient (Wildman–Crippen LogP) is 2.72. The molecule has 0 aliphatic heterocycles. The second-order valence-corrected chi connectivity index (χ2v) is 7.31. The van der Waals surface area contributed by atoms with Crippen molar-refractivity contribution in [1.29, 1.82) is 0 Å². The molecule has 1 amide bonds. The quantitative estimate of drug-likeness (QED) is 0.878. The van der Waals surface area contributed by atoms with Crippen molar-refractivity contribution in [2.45, 2.75) is 53.0 Å². The van der Waals surface area contributed by atoms with Crippen molar-refractivity contribution in [1.82, 2.24) is 15.1 Å². The molecule has 0 radical (unpaired) electrons. The molecule has 0 bridgehead atoms. The van der Waals surface area contributed by atoms with E-state index in [1.807, 2.05) is 13.8 Å². The van der Waals surface area contributed by atoms with Crippen LogP contribution >= 0.6 is 11.6 Å². The third kappa shape index (κ3) is 4.71. The minimum atomic E-state index is -0.297. The summed E-state index contributed by atoms with van der Waals surface area (Å²) in [6, 6.07) is -0.297. The van der Waals surface area contributed by atoms with E-state index in [4.69, 9.17) is 11.6 Å². The molecule has 0 aliphatic carbocycles. The molecule has 2 N–H and O–H groups in total. The molecule has 0 aromatic carbocycles. The van der Waals surface area contributed by atoms with Crippen molar-refractivity contribution in [2.24, 2.45) is 12.5 Å². The van der Waals surface area contributed by atoms with Crippen LogP contribution in [0.3, 0.4) is 0 Å². The van der Waals surface area contributed by atoms with Crippen molar-refractivity contribution in [3.05, 3.63) is 16.4 Å². The summed E-state index contributed by atoms with van der Waals surface area (Å²) in [5, 5.41) is 17.0. The van der Waals surface area contributed by atoms with Crippen molar-refractivity contribution >= 4 is 17.5 Å². The maximum absolute atomic E-state index is 12.5. The molecule has 6 heteroatoms. The summed E-state index contributed by atoms with van der Waals surface area (Å²) in [4.78, 5) is 12.5. The summed E-state index contributed by atoms with van der Waals surface area (Å²) < 4.78 is 1.50. The number of halogens is 1. The van der Waals surface area contributed by atoms with Gasteiger partial charge in [0.05, 0.1) is 23.9 Å². The van der Waals surface area contributed by atoms with Crippen LogP contribution < -0.4 is 5.32 Å². The number of aromatic nitrogens is 2. The highest BCUT2D eigenvalue weighted by Crippen LogP contribution is 2.26. The predicted molar refractivity (Wildman–Crippen MR) is 84.7 cm³/mol. The molecular formula is C15H26ClN3O2. The van der Waals surface area contributed by atoms with E-state index in [1.165, 1.54) is 4.68 Å². The van der Waals surface area contributed by atoms with Gasteiger partial charge in [-0.15, -0.1) is 0 Å². The van der Waals surface area contributed by atoms with Gasteiger partial charge in [0.1, 0.15) is 5.15 Å². The fraction of sp³-hybridized carbons (Fsp3) is 0.733. The molecule has 1 rings (SSSR count). The summed E-state index contributed by atoms with van der Waals surface area (Å²) in [5.41, 5.74) is 1.09. The first-order chi connectivity index (χ1) is 9.56. The molecule has 120 valence electrons. The largest absolute Gasteiger partial charge is 0.394 e. The number of nitrogens with zero attached hydrogens (tertiary/aromatic N) is 2. The Morgan fingerprint density at radius 1 is 1.43 bits per heavy atom. The van der Waals surface area contributed by atoms with Gasteiger partial charge < -0.3 is 10.4 Å². The molecule has 21 heavy (non-hydrogen) atoms. The minimum absolute atomic E-state index is 0.0142. The number of carbonyl (C=O) groups excluding carboxylic acids is 1. The van der Waals surface area contributed by atoms with E-state index in [0.29, 0.717) is 22.8 Å². The zero-order valence-corrected chi connectivity index (χ0v) is 14.5. The summed E-state index contributed by atoms with van der Waals surface area (Å²) in [6.45, 7) is 10.0. The standard InChI is InChI=1S/C15H26ClN3O2/c1-9(2)12-11(13(16)19(6)18-12)14(21)17-10(8-20)7-15(3,4)5/h9-10,20H,7-8H2,1-6H3,(H,17,21). The van der Waals surface area contributed by atoms with Gasteiger partial charge in [0.25, 0.3) is 5.91 Å². The van der Waals surface area contributed by atoms with Gasteiger partial charge in [0.2, 0.25) is 0 Å². The molecule has 0 fully saturated rings. The van der Waals surface area contributed by atoms with E-state index in [9.17, 15) is 9.90 Å². The van der Waals surface area contributed by atoms with Gasteiger partial charge in [0, 0.05) is 7.05 Å². The van der Waals surface area contributed by atoms with Crippen molar-refractivity contribution in [2.75, 3.05) is 6.61 Å². The second-order valence-electron chi connectivity index (χ2n) is 6.95. The van der Waals surface area contributed by atoms with Gasteiger partial charge >= 0.3 is 0 Å². The number of aliphatic hydroxyl groups excluding tert-OH is 1. The van der Waals surface area contributed by atoms with Crippen LogP contribution in [-0.4, -0.2) is 33.4 Å². The Morgan fingerprint density at radius 2 is 2.00 bits per heavy atom. The van der Waals surface area contributed by atoms with Crippen LogP contribution in [0.1, 0.15) is 63.0 Å². The van der Waals surface area contributed by atoms with Gasteiger partial charge in [-0.25, -0.2) is 0 Å². The maximum Gasteiger partial charge on any atom is 0.256 e. The zero-order chi connectivity index (χ0) is 16.4. The highest BCUT2D eigenvalue weighted by molar-refractivity contribution is 6.33. The molecular weight excluding hydrogens is 290 g/mol. The van der Waals surface area contributed by atoms with Crippen molar-refractivity contribution in [3.8, 4) is 0 Å². The van der Waals surface area contributed by atoms with Crippen LogP contribution in [0.5, 0.6) is 0 Å². The third-order valence-corrected chi connectivity index (χ3v) is 3.63. The summed E-state index contributed by atoms with van der Waals surface area (Å²) in [7, 11) is 1.71. The van der Waals surface area contributed by atoms with Crippen LogP contribution in [0.15, 0.2) is 0 Å². The molecule has 1 aromatic rings. The lowest BCUT2D eigenvalue weighted by atomic mass is 9.88. The Bertz CT molecular complexity index is 504. The molecule has 0 saturated carbocycles. The number of hydrogen-bond donors (Lipinski definition) is 2. The molecule has 1 unspecified atom stereocenters. The normalized spacial score (nSPS) is 13.6. The lowest BCUT2D eigenvalue weighted by Crippen LogP contribution is -2.40. The van der Waals surface area contributed by atoms with E-state index in [1.54, 1.807) is 7.05 Å². The monoisotopic (exact) mass is 315 g/mol. The van der Waals surface area contributed by atoms with Crippen LogP contribution in [-0.2, 0) is 7.05 Å². The van der Waals surface area contributed by atoms with Crippen molar-refractivity contribution < 1.29 is 9.90 Å². The first-order valence-electron chi connectivity index (χ1n) is 7.21. The van der Waals surface area contributed by atoms with E-state index in [2.05, 4.69) is 31.2 Å². The maximum atomic E-state index is 12.5. The summed E-state index contributed by atoms with van der Waals surface area (Å²) in [5.74, 6) is -0.181. The molecule has 0 spiro atoms. The smallest absolute Gasteiger partial charge is 0.256 e. The molecule has 5 nitrogen and oxygen atoms in total. The van der Waals surface area contributed by atoms with Gasteiger partial charge in [-0.2, -0.15) is 5.10 Å². The summed E-state index contributed by atoms with van der Waals surface area (Å²) >= 11 is 6.19. The first kappa shape index (κ1) is 18.0. The fourth-order valence-corrected chi connectivity index (χ4v) is 2.52. The van der Waals surface area contributed by atoms with Crippen LogP contribution in [0, 0.1) is 5.41 Å². The Labute approximate surface area is 131 Å². The van der Waals surface area contributed by atoms with Gasteiger partial charge in [-0.05, 0) is 17.8 Å². The van der Waals surface area contributed by atoms with Gasteiger partial charge in [-0.1, -0.05) is 46.2 Å². The van der Waals surface area contributed by atoms with Crippen LogP contribution in [0.25, 0.3) is 0 Å². The number of carbonyl (C=O) groups is 1. The van der Waals surface area contributed by atoms with E-state index < -0.39 is 0 Å². The molecule has 1 aromatic heterocycles. The lowest BCUT2D eigenvalue weighted by molar-refractivity contribution is 0.0896.